The highest BCUT2D eigenvalue weighted by Gasteiger charge is 2.86. The molecule has 9 fully saturated rings. The first-order chi connectivity index (χ1) is 20.6. The molecule has 0 amide bonds. The Hall–Kier alpha value is -0.360. The topological polar surface area (TPSA) is 130 Å². The SMILES string of the molecule is CC1CC2(OCC3(C)OC32)OC2C1C1(C)CCC34CC35CCC(OC3OCC(O)C(O)C3O)C(C)(C)C5CCC4C1(C)C2O. The summed E-state index contributed by atoms with van der Waals surface area (Å²) >= 11 is 0. The molecule has 0 aromatic heterocycles. The van der Waals surface area contributed by atoms with Crippen LogP contribution in [0.2, 0.25) is 0 Å². The number of fused-ring (bicyclic) bond motifs is 6. The fourth-order valence-corrected chi connectivity index (χ4v) is 14.2. The van der Waals surface area contributed by atoms with Gasteiger partial charge in [0.1, 0.15) is 30.0 Å². The summed E-state index contributed by atoms with van der Waals surface area (Å²) in [5, 5.41) is 43.3. The van der Waals surface area contributed by atoms with E-state index in [-0.39, 0.29) is 57.6 Å². The third-order valence-electron chi connectivity index (χ3n) is 16.4. The second kappa shape index (κ2) is 8.61. The molecule has 9 heteroatoms. The molecule has 18 unspecified atom stereocenters. The molecule has 4 N–H and O–H groups in total. The van der Waals surface area contributed by atoms with Crippen molar-refractivity contribution in [3.05, 3.63) is 0 Å². The molecule has 9 aliphatic rings. The van der Waals surface area contributed by atoms with E-state index in [0.717, 1.165) is 38.5 Å². The van der Waals surface area contributed by atoms with Crippen molar-refractivity contribution in [2.45, 2.75) is 153 Å². The molecule has 9 rings (SSSR count). The van der Waals surface area contributed by atoms with Crippen molar-refractivity contribution in [3.63, 3.8) is 0 Å². The summed E-state index contributed by atoms with van der Waals surface area (Å²) in [6, 6.07) is 0. The molecule has 9 nitrogen and oxygen atoms in total. The molecule has 4 heterocycles. The van der Waals surface area contributed by atoms with Crippen LogP contribution in [-0.2, 0) is 23.7 Å². The Kier molecular flexibility index (Phi) is 5.83. The third-order valence-corrected chi connectivity index (χ3v) is 16.4. The maximum atomic E-state index is 12.5. The predicted molar refractivity (Wildman–Crippen MR) is 157 cm³/mol. The van der Waals surface area contributed by atoms with Crippen molar-refractivity contribution >= 4 is 0 Å². The summed E-state index contributed by atoms with van der Waals surface area (Å²) in [5.41, 5.74) is -0.156. The smallest absolute Gasteiger partial charge is 0.198 e. The van der Waals surface area contributed by atoms with Crippen LogP contribution in [0.15, 0.2) is 0 Å². The van der Waals surface area contributed by atoms with Crippen LogP contribution < -0.4 is 0 Å². The highest BCUT2D eigenvalue weighted by molar-refractivity contribution is 5.33. The molecule has 0 aromatic rings. The van der Waals surface area contributed by atoms with Crippen molar-refractivity contribution in [1.82, 2.24) is 0 Å². The van der Waals surface area contributed by atoms with Crippen LogP contribution in [0.3, 0.4) is 0 Å². The van der Waals surface area contributed by atoms with Crippen LogP contribution in [0.25, 0.3) is 0 Å². The number of aliphatic hydroxyl groups excluding tert-OH is 4. The van der Waals surface area contributed by atoms with E-state index in [0.29, 0.717) is 30.3 Å². The number of hydrogen-bond acceptors (Lipinski definition) is 9. The number of aliphatic hydroxyl groups is 4. The molecule has 4 saturated heterocycles. The second-order valence-electron chi connectivity index (χ2n) is 18.3. The van der Waals surface area contributed by atoms with Crippen LogP contribution in [0.4, 0.5) is 0 Å². The van der Waals surface area contributed by atoms with Crippen molar-refractivity contribution in [2.24, 2.45) is 50.7 Å². The van der Waals surface area contributed by atoms with Gasteiger partial charge in [0.2, 0.25) is 0 Å². The van der Waals surface area contributed by atoms with Gasteiger partial charge in [-0.1, -0.05) is 34.6 Å². The van der Waals surface area contributed by atoms with Crippen LogP contribution in [0, 0.1) is 50.7 Å². The first-order valence-electron chi connectivity index (χ1n) is 17.6. The first-order valence-corrected chi connectivity index (χ1v) is 17.6. The molecule has 0 aromatic carbocycles. The average Bonchev–Trinajstić information content (AvgIpc) is 3.82. The third kappa shape index (κ3) is 3.20. The van der Waals surface area contributed by atoms with Crippen molar-refractivity contribution in [3.8, 4) is 0 Å². The average molecular weight is 619 g/mol. The second-order valence-corrected chi connectivity index (χ2v) is 18.3. The molecular formula is C35H54O9. The van der Waals surface area contributed by atoms with Gasteiger partial charge in [-0.2, -0.15) is 0 Å². The zero-order valence-electron chi connectivity index (χ0n) is 27.3. The van der Waals surface area contributed by atoms with Gasteiger partial charge in [-0.15, -0.1) is 0 Å². The molecule has 248 valence electrons. The van der Waals surface area contributed by atoms with E-state index < -0.39 is 36.5 Å². The predicted octanol–water partition coefficient (Wildman–Crippen LogP) is 3.14. The van der Waals surface area contributed by atoms with E-state index in [2.05, 4.69) is 41.5 Å². The maximum Gasteiger partial charge on any atom is 0.198 e. The summed E-state index contributed by atoms with van der Waals surface area (Å²) in [6.07, 6.45) is 3.05. The van der Waals surface area contributed by atoms with E-state index in [1.54, 1.807) is 0 Å². The molecule has 5 saturated carbocycles. The van der Waals surface area contributed by atoms with Crippen LogP contribution in [0.5, 0.6) is 0 Å². The van der Waals surface area contributed by atoms with Gasteiger partial charge in [-0.05, 0) is 97.2 Å². The summed E-state index contributed by atoms with van der Waals surface area (Å²) in [5.74, 6) is 0.869. The number of rotatable bonds is 2. The van der Waals surface area contributed by atoms with Gasteiger partial charge in [0, 0.05) is 11.8 Å². The van der Waals surface area contributed by atoms with Gasteiger partial charge >= 0.3 is 0 Å². The van der Waals surface area contributed by atoms with Crippen LogP contribution in [-0.4, -0.2) is 94.0 Å². The lowest BCUT2D eigenvalue weighted by Crippen LogP contribution is -2.61. The molecular weight excluding hydrogens is 564 g/mol. The van der Waals surface area contributed by atoms with E-state index in [1.165, 1.54) is 12.8 Å². The van der Waals surface area contributed by atoms with E-state index in [9.17, 15) is 20.4 Å². The molecule has 4 aliphatic heterocycles. The van der Waals surface area contributed by atoms with Gasteiger partial charge in [-0.3, -0.25) is 0 Å². The lowest BCUT2D eigenvalue weighted by Gasteiger charge is -2.64. The highest BCUT2D eigenvalue weighted by atomic mass is 16.8. The van der Waals surface area contributed by atoms with Crippen molar-refractivity contribution < 1.29 is 44.1 Å². The van der Waals surface area contributed by atoms with Gasteiger partial charge in [0.25, 0.3) is 0 Å². The Morgan fingerprint density at radius 1 is 0.818 bits per heavy atom. The molecule has 5 aliphatic carbocycles. The van der Waals surface area contributed by atoms with Crippen LogP contribution >= 0.6 is 0 Å². The molecule has 0 radical (unpaired) electrons. The van der Waals surface area contributed by atoms with Crippen molar-refractivity contribution in [1.29, 1.82) is 0 Å². The lowest BCUT2D eigenvalue weighted by molar-refractivity contribution is -0.313. The van der Waals surface area contributed by atoms with Gasteiger partial charge in [-0.25, -0.2) is 0 Å². The summed E-state index contributed by atoms with van der Waals surface area (Å²) < 4.78 is 31.6. The van der Waals surface area contributed by atoms with Gasteiger partial charge < -0.3 is 44.1 Å². The van der Waals surface area contributed by atoms with Crippen LogP contribution in [0.1, 0.15) is 92.9 Å². The van der Waals surface area contributed by atoms with Gasteiger partial charge in [0.15, 0.2) is 12.1 Å². The van der Waals surface area contributed by atoms with E-state index in [4.69, 9.17) is 23.7 Å². The number of epoxide rings is 1. The molecule has 18 atom stereocenters. The van der Waals surface area contributed by atoms with Gasteiger partial charge in [0.05, 0.1) is 31.5 Å². The quantitative estimate of drug-likeness (QED) is 0.272. The monoisotopic (exact) mass is 618 g/mol. The Labute approximate surface area is 261 Å². The Balaban J connectivity index is 0.995. The van der Waals surface area contributed by atoms with Crippen molar-refractivity contribution in [2.75, 3.05) is 13.2 Å². The number of ether oxygens (including phenoxy) is 5. The highest BCUT2D eigenvalue weighted by Crippen LogP contribution is 2.89. The first kappa shape index (κ1) is 29.8. The zero-order valence-corrected chi connectivity index (χ0v) is 27.3. The summed E-state index contributed by atoms with van der Waals surface area (Å²) in [4.78, 5) is 0. The molecule has 3 spiro atoms. The Morgan fingerprint density at radius 3 is 2.25 bits per heavy atom. The minimum absolute atomic E-state index is 0.00729. The number of hydrogen-bond donors (Lipinski definition) is 4. The fraction of sp³-hybridized carbons (Fsp3) is 1.00. The standard InChI is InChI=1S/C35H54O9/c1-17-13-35(28-31(5,44-28)16-41-35)43-25-22(17)30(4)11-12-34-15-33(34)10-9-21(42-27-24(38)23(37)18(36)14-40-27)29(2,3)19(33)7-8-20(34)32(30,6)26(25)39/h17-28,36-39H,7-16H2,1-6H3. The normalized spacial score (nSPS) is 66.4. The fourth-order valence-electron chi connectivity index (χ4n) is 14.2. The van der Waals surface area contributed by atoms with E-state index in [1.807, 2.05) is 0 Å². The van der Waals surface area contributed by atoms with E-state index >= 15 is 0 Å². The minimum atomic E-state index is -1.27. The lowest BCUT2D eigenvalue weighted by atomic mass is 9.41. The minimum Gasteiger partial charge on any atom is -0.390 e. The maximum absolute atomic E-state index is 12.5. The summed E-state index contributed by atoms with van der Waals surface area (Å²) in [6.45, 7) is 14.6. The Bertz CT molecular complexity index is 1240. The largest absolute Gasteiger partial charge is 0.390 e. The summed E-state index contributed by atoms with van der Waals surface area (Å²) in [7, 11) is 0. The Morgan fingerprint density at radius 2 is 1.55 bits per heavy atom. The molecule has 44 heavy (non-hydrogen) atoms. The molecule has 0 bridgehead atoms. The zero-order chi connectivity index (χ0) is 31.0.